The molecule has 4 atom stereocenters. The van der Waals surface area contributed by atoms with Gasteiger partial charge >= 0.3 is 5.97 Å². The first-order valence-corrected chi connectivity index (χ1v) is 5.74. The summed E-state index contributed by atoms with van der Waals surface area (Å²) >= 11 is 0. The van der Waals surface area contributed by atoms with Crippen LogP contribution in [-0.2, 0) is 14.3 Å². The SMILES string of the molecule is C=C(C)C(=O)O[C@H]1CCC2C(COC2O)C1. The summed E-state index contributed by atoms with van der Waals surface area (Å²) in [5.74, 6) is 0.231. The van der Waals surface area contributed by atoms with Crippen LogP contribution in [0.15, 0.2) is 12.2 Å². The number of aliphatic hydroxyl groups is 1. The minimum Gasteiger partial charge on any atom is -0.459 e. The quantitative estimate of drug-likeness (QED) is 0.568. The lowest BCUT2D eigenvalue weighted by atomic mass is 9.79. The minimum atomic E-state index is -0.622. The van der Waals surface area contributed by atoms with Crippen molar-refractivity contribution >= 4 is 5.97 Å². The van der Waals surface area contributed by atoms with E-state index in [1.807, 2.05) is 0 Å². The summed E-state index contributed by atoms with van der Waals surface area (Å²) < 4.78 is 10.5. The van der Waals surface area contributed by atoms with Crippen LogP contribution < -0.4 is 0 Å². The van der Waals surface area contributed by atoms with Crippen LogP contribution in [0, 0.1) is 11.8 Å². The number of ether oxygens (including phenoxy) is 2. The fourth-order valence-corrected chi connectivity index (χ4v) is 2.52. The lowest BCUT2D eigenvalue weighted by Crippen LogP contribution is -2.32. The summed E-state index contributed by atoms with van der Waals surface area (Å²) in [6.07, 6.45) is 1.79. The smallest absolute Gasteiger partial charge is 0.333 e. The Morgan fingerprint density at radius 1 is 1.50 bits per heavy atom. The van der Waals surface area contributed by atoms with Crippen molar-refractivity contribution < 1.29 is 19.4 Å². The van der Waals surface area contributed by atoms with Gasteiger partial charge in [-0.3, -0.25) is 0 Å². The van der Waals surface area contributed by atoms with Gasteiger partial charge in [-0.05, 0) is 32.1 Å². The maximum absolute atomic E-state index is 11.4. The van der Waals surface area contributed by atoms with Crippen molar-refractivity contribution in [3.63, 3.8) is 0 Å². The van der Waals surface area contributed by atoms with Gasteiger partial charge in [-0.25, -0.2) is 4.79 Å². The van der Waals surface area contributed by atoms with Gasteiger partial charge in [0.15, 0.2) is 6.29 Å². The molecule has 0 amide bonds. The molecular weight excluding hydrogens is 208 g/mol. The highest BCUT2D eigenvalue weighted by atomic mass is 16.6. The topological polar surface area (TPSA) is 55.8 Å². The molecule has 2 fully saturated rings. The predicted octanol–water partition coefficient (Wildman–Crippen LogP) is 1.24. The second kappa shape index (κ2) is 4.55. The highest BCUT2D eigenvalue weighted by Gasteiger charge is 2.41. The van der Waals surface area contributed by atoms with Crippen LogP contribution in [0.4, 0.5) is 0 Å². The van der Waals surface area contributed by atoms with E-state index in [-0.39, 0.29) is 18.0 Å². The Labute approximate surface area is 95.2 Å². The maximum Gasteiger partial charge on any atom is 0.333 e. The Hall–Kier alpha value is -0.870. The number of carbonyl (C=O) groups is 1. The maximum atomic E-state index is 11.4. The molecule has 1 aliphatic carbocycles. The molecule has 2 rings (SSSR count). The third-order valence-corrected chi connectivity index (χ3v) is 3.46. The third kappa shape index (κ3) is 2.28. The molecule has 4 heteroatoms. The van der Waals surface area contributed by atoms with Gasteiger partial charge in [-0.2, -0.15) is 0 Å². The van der Waals surface area contributed by atoms with E-state index in [4.69, 9.17) is 9.47 Å². The first-order valence-electron chi connectivity index (χ1n) is 5.74. The van der Waals surface area contributed by atoms with Crippen molar-refractivity contribution in [3.05, 3.63) is 12.2 Å². The molecule has 16 heavy (non-hydrogen) atoms. The number of rotatable bonds is 2. The summed E-state index contributed by atoms with van der Waals surface area (Å²) in [4.78, 5) is 11.4. The number of aliphatic hydroxyl groups excluding tert-OH is 1. The minimum absolute atomic E-state index is 0.0423. The molecule has 0 aromatic rings. The van der Waals surface area contributed by atoms with Crippen molar-refractivity contribution in [2.75, 3.05) is 6.61 Å². The van der Waals surface area contributed by atoms with Crippen molar-refractivity contribution in [2.24, 2.45) is 11.8 Å². The zero-order valence-electron chi connectivity index (χ0n) is 9.52. The molecule has 3 unspecified atom stereocenters. The summed E-state index contributed by atoms with van der Waals surface area (Å²) in [5, 5.41) is 9.54. The average molecular weight is 226 g/mol. The first kappa shape index (κ1) is 11.6. The van der Waals surface area contributed by atoms with Gasteiger partial charge in [0.1, 0.15) is 6.10 Å². The van der Waals surface area contributed by atoms with Gasteiger partial charge in [0.05, 0.1) is 6.61 Å². The Kier molecular flexibility index (Phi) is 3.30. The monoisotopic (exact) mass is 226 g/mol. The number of esters is 1. The van der Waals surface area contributed by atoms with E-state index in [1.165, 1.54) is 0 Å². The lowest BCUT2D eigenvalue weighted by molar-refractivity contribution is -0.147. The summed E-state index contributed by atoms with van der Waals surface area (Å²) in [7, 11) is 0. The average Bonchev–Trinajstić information content (AvgIpc) is 2.60. The predicted molar refractivity (Wildman–Crippen MR) is 57.5 cm³/mol. The van der Waals surface area contributed by atoms with Gasteiger partial charge in [0, 0.05) is 11.5 Å². The van der Waals surface area contributed by atoms with Crippen LogP contribution in [-0.4, -0.2) is 30.1 Å². The van der Waals surface area contributed by atoms with Crippen LogP contribution in [0.5, 0.6) is 0 Å². The molecule has 1 saturated carbocycles. The molecule has 1 saturated heterocycles. The zero-order chi connectivity index (χ0) is 11.7. The lowest BCUT2D eigenvalue weighted by Gasteiger charge is -2.30. The summed E-state index contributed by atoms with van der Waals surface area (Å²) in [6.45, 7) is 5.79. The Balaban J connectivity index is 1.87. The van der Waals surface area contributed by atoms with Gasteiger partial charge in [0.2, 0.25) is 0 Å². The Bertz CT molecular complexity index is 299. The number of fused-ring (bicyclic) bond motifs is 1. The van der Waals surface area contributed by atoms with Crippen LogP contribution in [0.1, 0.15) is 26.2 Å². The van der Waals surface area contributed by atoms with Gasteiger partial charge < -0.3 is 14.6 Å². The summed E-state index contributed by atoms with van der Waals surface area (Å²) in [6, 6.07) is 0. The van der Waals surface area contributed by atoms with E-state index in [2.05, 4.69) is 6.58 Å². The van der Waals surface area contributed by atoms with Crippen molar-refractivity contribution in [1.82, 2.24) is 0 Å². The fourth-order valence-electron chi connectivity index (χ4n) is 2.52. The van der Waals surface area contributed by atoms with E-state index >= 15 is 0 Å². The highest BCUT2D eigenvalue weighted by Crippen LogP contribution is 2.39. The molecule has 90 valence electrons. The largest absolute Gasteiger partial charge is 0.459 e. The highest BCUT2D eigenvalue weighted by molar-refractivity contribution is 5.87. The van der Waals surface area contributed by atoms with Gasteiger partial charge in [-0.1, -0.05) is 6.58 Å². The molecule has 0 radical (unpaired) electrons. The molecule has 1 aliphatic heterocycles. The van der Waals surface area contributed by atoms with Crippen LogP contribution in [0.2, 0.25) is 0 Å². The van der Waals surface area contributed by atoms with E-state index in [0.717, 1.165) is 19.3 Å². The molecule has 2 aliphatic rings. The van der Waals surface area contributed by atoms with Crippen LogP contribution in [0.25, 0.3) is 0 Å². The number of carbonyl (C=O) groups excluding carboxylic acids is 1. The van der Waals surface area contributed by atoms with Crippen molar-refractivity contribution in [3.8, 4) is 0 Å². The van der Waals surface area contributed by atoms with Crippen LogP contribution >= 0.6 is 0 Å². The molecule has 0 aromatic carbocycles. The second-order valence-corrected chi connectivity index (χ2v) is 4.77. The molecule has 0 aromatic heterocycles. The molecular formula is C12H18O4. The standard InChI is InChI=1S/C12H18O4/c1-7(2)11(13)16-9-3-4-10-8(5-9)6-15-12(10)14/h8-10,12,14H,1,3-6H2,2H3/t8?,9-,10?,12?/m0/s1. The molecule has 1 heterocycles. The normalized spacial score (nSPS) is 37.9. The first-order chi connectivity index (χ1) is 7.58. The Morgan fingerprint density at radius 2 is 2.25 bits per heavy atom. The zero-order valence-corrected chi connectivity index (χ0v) is 9.52. The van der Waals surface area contributed by atoms with E-state index in [1.54, 1.807) is 6.92 Å². The number of hydrogen-bond acceptors (Lipinski definition) is 4. The third-order valence-electron chi connectivity index (χ3n) is 3.46. The van der Waals surface area contributed by atoms with Crippen molar-refractivity contribution in [1.29, 1.82) is 0 Å². The Morgan fingerprint density at radius 3 is 2.94 bits per heavy atom. The molecule has 4 nitrogen and oxygen atoms in total. The van der Waals surface area contributed by atoms with E-state index < -0.39 is 6.29 Å². The van der Waals surface area contributed by atoms with E-state index in [9.17, 15) is 9.90 Å². The summed E-state index contributed by atoms with van der Waals surface area (Å²) in [5.41, 5.74) is 0.435. The second-order valence-electron chi connectivity index (χ2n) is 4.77. The van der Waals surface area contributed by atoms with Gasteiger partial charge in [0.25, 0.3) is 0 Å². The molecule has 0 bridgehead atoms. The van der Waals surface area contributed by atoms with E-state index in [0.29, 0.717) is 18.1 Å². The van der Waals surface area contributed by atoms with Crippen molar-refractivity contribution in [2.45, 2.75) is 38.6 Å². The fraction of sp³-hybridized carbons (Fsp3) is 0.750. The van der Waals surface area contributed by atoms with Crippen LogP contribution in [0.3, 0.4) is 0 Å². The molecule has 0 spiro atoms. The number of hydrogen-bond donors (Lipinski definition) is 1. The molecule has 1 N–H and O–H groups in total. The van der Waals surface area contributed by atoms with Gasteiger partial charge in [-0.15, -0.1) is 0 Å².